The van der Waals surface area contributed by atoms with Crippen LogP contribution in [-0.2, 0) is 20.7 Å². The van der Waals surface area contributed by atoms with Crippen molar-refractivity contribution in [1.29, 1.82) is 0 Å². The molecule has 1 aliphatic heterocycles. The molecule has 2 amide bonds. The van der Waals surface area contributed by atoms with Gasteiger partial charge in [-0.2, -0.15) is 0 Å². The molecule has 1 saturated carbocycles. The molecule has 0 N–H and O–H groups in total. The Morgan fingerprint density at radius 3 is 2.28 bits per heavy atom. The third kappa shape index (κ3) is 7.27. The predicted molar refractivity (Wildman–Crippen MR) is 163 cm³/mol. The Balaban J connectivity index is 1.50. The number of amides is 2. The number of piperazine rings is 1. The minimum Gasteiger partial charge on any atom is -0.460 e. The van der Waals surface area contributed by atoms with Crippen molar-refractivity contribution in [3.63, 3.8) is 0 Å². The predicted octanol–water partition coefficient (Wildman–Crippen LogP) is 5.90. The lowest BCUT2D eigenvalue weighted by Crippen LogP contribution is -2.58. The van der Waals surface area contributed by atoms with E-state index >= 15 is 0 Å². The largest absolute Gasteiger partial charge is 0.460 e. The van der Waals surface area contributed by atoms with Crippen LogP contribution in [0.4, 0.5) is 4.79 Å². The fraction of sp³-hybridized carbons (Fsp3) is 0.471. The van der Waals surface area contributed by atoms with E-state index in [0.29, 0.717) is 31.7 Å². The second-order valence-electron chi connectivity index (χ2n) is 12.5. The first kappa shape index (κ1) is 30.3. The van der Waals surface area contributed by atoms with E-state index in [9.17, 15) is 14.4 Å². The number of carbonyl (C=O) groups is 3. The van der Waals surface area contributed by atoms with Crippen LogP contribution in [0, 0.1) is 0 Å². The standard InChI is InChI=1S/C34H42N4O5/c1-24(39)42-29-18-12-11-17-28(29)38-23-35-30(31(38)26-15-9-6-10-16-26)32(40)37-20-19-36(33(41)43-34(2,3)4)22-27(37)21-25-13-7-5-8-14-25/h5-10,13-16,23,27-29H,11-12,17-22H2,1-4H3/t27-,28+,29+/m1/s1. The highest BCUT2D eigenvalue weighted by Crippen LogP contribution is 2.36. The number of imidazole rings is 1. The molecule has 2 aliphatic rings. The molecule has 0 unspecified atom stereocenters. The van der Waals surface area contributed by atoms with Crippen LogP contribution in [0.25, 0.3) is 11.3 Å². The fourth-order valence-electron chi connectivity index (χ4n) is 6.21. The molecule has 0 radical (unpaired) electrons. The summed E-state index contributed by atoms with van der Waals surface area (Å²) in [6, 6.07) is 19.4. The lowest BCUT2D eigenvalue weighted by atomic mass is 9.91. The van der Waals surface area contributed by atoms with Gasteiger partial charge in [-0.25, -0.2) is 9.78 Å². The van der Waals surface area contributed by atoms with Gasteiger partial charge >= 0.3 is 12.1 Å². The maximum Gasteiger partial charge on any atom is 0.410 e. The lowest BCUT2D eigenvalue weighted by molar-refractivity contribution is -0.150. The van der Waals surface area contributed by atoms with E-state index in [1.165, 1.54) is 6.92 Å². The quantitative estimate of drug-likeness (QED) is 0.334. The molecular formula is C34H42N4O5. The van der Waals surface area contributed by atoms with E-state index < -0.39 is 5.60 Å². The number of ether oxygens (including phenoxy) is 2. The summed E-state index contributed by atoms with van der Waals surface area (Å²) in [6.07, 6.45) is 5.24. The van der Waals surface area contributed by atoms with E-state index in [1.54, 1.807) is 11.2 Å². The van der Waals surface area contributed by atoms with Gasteiger partial charge in [0.1, 0.15) is 11.7 Å². The van der Waals surface area contributed by atoms with Gasteiger partial charge in [0.05, 0.1) is 24.1 Å². The van der Waals surface area contributed by atoms with E-state index in [1.807, 2.05) is 90.9 Å². The molecule has 9 heteroatoms. The lowest BCUT2D eigenvalue weighted by Gasteiger charge is -2.41. The van der Waals surface area contributed by atoms with Crippen LogP contribution >= 0.6 is 0 Å². The second kappa shape index (κ2) is 13.0. The van der Waals surface area contributed by atoms with Crippen molar-refractivity contribution in [1.82, 2.24) is 19.4 Å². The molecular weight excluding hydrogens is 544 g/mol. The molecule has 9 nitrogen and oxygen atoms in total. The Morgan fingerprint density at radius 2 is 1.60 bits per heavy atom. The number of esters is 1. The maximum atomic E-state index is 14.5. The summed E-state index contributed by atoms with van der Waals surface area (Å²) in [5.74, 6) is -0.483. The van der Waals surface area contributed by atoms with Crippen LogP contribution in [-0.4, -0.2) is 74.7 Å². The third-order valence-corrected chi connectivity index (χ3v) is 8.10. The Hall–Kier alpha value is -4.14. The van der Waals surface area contributed by atoms with Gasteiger partial charge in [-0.05, 0) is 52.0 Å². The van der Waals surface area contributed by atoms with Crippen LogP contribution in [0.2, 0.25) is 0 Å². The normalized spacial score (nSPS) is 20.9. The van der Waals surface area contributed by atoms with Crippen molar-refractivity contribution in [3.05, 3.63) is 78.2 Å². The highest BCUT2D eigenvalue weighted by Gasteiger charge is 2.38. The van der Waals surface area contributed by atoms with E-state index in [0.717, 1.165) is 42.5 Å². The third-order valence-electron chi connectivity index (χ3n) is 8.10. The zero-order valence-electron chi connectivity index (χ0n) is 25.6. The first-order valence-corrected chi connectivity index (χ1v) is 15.2. The molecule has 0 spiro atoms. The molecule has 1 aromatic heterocycles. The molecule has 228 valence electrons. The van der Waals surface area contributed by atoms with Crippen LogP contribution in [0.5, 0.6) is 0 Å². The molecule has 0 bridgehead atoms. The Labute approximate surface area is 253 Å². The number of aromatic nitrogens is 2. The SMILES string of the molecule is CC(=O)O[C@H]1CCCC[C@@H]1n1cnc(C(=O)N2CCN(C(=O)OC(C)(C)C)C[C@H]2Cc2ccccc2)c1-c1ccccc1. The molecule has 1 saturated heterocycles. The second-order valence-corrected chi connectivity index (χ2v) is 12.5. The molecule has 3 aromatic rings. The first-order valence-electron chi connectivity index (χ1n) is 15.2. The molecule has 2 heterocycles. The number of rotatable bonds is 6. The molecule has 43 heavy (non-hydrogen) atoms. The minimum absolute atomic E-state index is 0.119. The average Bonchev–Trinajstić information content (AvgIpc) is 3.42. The number of hydrogen-bond donors (Lipinski definition) is 0. The number of nitrogens with zero attached hydrogens (tertiary/aromatic N) is 4. The first-order chi connectivity index (χ1) is 20.6. The van der Waals surface area contributed by atoms with Crippen molar-refractivity contribution in [2.45, 2.75) is 83.6 Å². The van der Waals surface area contributed by atoms with Gasteiger partial charge in [0.15, 0.2) is 5.69 Å². The van der Waals surface area contributed by atoms with Crippen molar-refractivity contribution in [2.75, 3.05) is 19.6 Å². The number of carbonyl (C=O) groups excluding carboxylic acids is 3. The molecule has 1 aliphatic carbocycles. The van der Waals surface area contributed by atoms with Crippen LogP contribution in [0.3, 0.4) is 0 Å². The van der Waals surface area contributed by atoms with Crippen LogP contribution < -0.4 is 0 Å². The van der Waals surface area contributed by atoms with Crippen molar-refractivity contribution < 1.29 is 23.9 Å². The summed E-state index contributed by atoms with van der Waals surface area (Å²) in [7, 11) is 0. The monoisotopic (exact) mass is 586 g/mol. The van der Waals surface area contributed by atoms with Gasteiger partial charge in [0.25, 0.3) is 5.91 Å². The Morgan fingerprint density at radius 1 is 0.930 bits per heavy atom. The maximum absolute atomic E-state index is 14.5. The van der Waals surface area contributed by atoms with Crippen molar-refractivity contribution >= 4 is 18.0 Å². The Bertz CT molecular complexity index is 1420. The summed E-state index contributed by atoms with van der Waals surface area (Å²) >= 11 is 0. The van der Waals surface area contributed by atoms with Gasteiger partial charge < -0.3 is 23.8 Å². The van der Waals surface area contributed by atoms with Gasteiger partial charge in [-0.1, -0.05) is 67.1 Å². The average molecular weight is 587 g/mol. The zero-order valence-corrected chi connectivity index (χ0v) is 25.6. The topological polar surface area (TPSA) is 94.0 Å². The highest BCUT2D eigenvalue weighted by atomic mass is 16.6. The molecule has 2 aromatic carbocycles. The number of hydrogen-bond acceptors (Lipinski definition) is 6. The smallest absolute Gasteiger partial charge is 0.410 e. The van der Waals surface area contributed by atoms with Crippen molar-refractivity contribution in [3.8, 4) is 11.3 Å². The van der Waals surface area contributed by atoms with E-state index in [4.69, 9.17) is 14.5 Å². The summed E-state index contributed by atoms with van der Waals surface area (Å²) in [6.45, 7) is 8.08. The summed E-state index contributed by atoms with van der Waals surface area (Å²) in [5.41, 5.74) is 2.43. The minimum atomic E-state index is -0.612. The van der Waals surface area contributed by atoms with Gasteiger partial charge in [0.2, 0.25) is 0 Å². The fourth-order valence-corrected chi connectivity index (χ4v) is 6.21. The number of benzene rings is 2. The Kier molecular flexibility index (Phi) is 9.18. The summed E-state index contributed by atoms with van der Waals surface area (Å²) < 4.78 is 13.5. The molecule has 5 rings (SSSR count). The zero-order chi connectivity index (χ0) is 30.6. The van der Waals surface area contributed by atoms with Crippen LogP contribution in [0.1, 0.15) is 75.5 Å². The van der Waals surface area contributed by atoms with E-state index in [2.05, 4.69) is 0 Å². The molecule has 3 atom stereocenters. The molecule has 2 fully saturated rings. The highest BCUT2D eigenvalue weighted by molar-refractivity contribution is 5.98. The summed E-state index contributed by atoms with van der Waals surface area (Å²) in [4.78, 5) is 47.8. The van der Waals surface area contributed by atoms with Crippen LogP contribution in [0.15, 0.2) is 67.0 Å². The van der Waals surface area contributed by atoms with Crippen molar-refractivity contribution in [2.24, 2.45) is 0 Å². The van der Waals surface area contributed by atoms with Gasteiger partial charge in [0, 0.05) is 32.1 Å². The van der Waals surface area contributed by atoms with E-state index in [-0.39, 0.29) is 36.2 Å². The van der Waals surface area contributed by atoms with Gasteiger partial charge in [-0.15, -0.1) is 0 Å². The summed E-state index contributed by atoms with van der Waals surface area (Å²) in [5, 5.41) is 0. The van der Waals surface area contributed by atoms with Gasteiger partial charge in [-0.3, -0.25) is 9.59 Å².